The first-order valence-corrected chi connectivity index (χ1v) is 11.4. The predicted octanol–water partition coefficient (Wildman–Crippen LogP) is 2.75. The number of benzene rings is 2. The van der Waals surface area contributed by atoms with Gasteiger partial charge in [0.05, 0.1) is 4.90 Å². The molecular formula is C22H25NO6S. The Morgan fingerprint density at radius 1 is 1.20 bits per heavy atom. The normalized spacial score (nSPS) is 20.5. The van der Waals surface area contributed by atoms with E-state index in [0.717, 1.165) is 11.1 Å². The van der Waals surface area contributed by atoms with Gasteiger partial charge in [0.15, 0.2) is 0 Å². The molecule has 1 fully saturated rings. The van der Waals surface area contributed by atoms with E-state index in [1.807, 2.05) is 6.92 Å². The molecule has 2 aliphatic heterocycles. The summed E-state index contributed by atoms with van der Waals surface area (Å²) >= 11 is 0. The number of phenolic OH excluding ortho intramolecular Hbond substituents is 1. The Bertz CT molecular complexity index is 1060. The molecule has 2 aliphatic rings. The van der Waals surface area contributed by atoms with Crippen molar-refractivity contribution in [2.45, 2.75) is 43.1 Å². The van der Waals surface area contributed by atoms with E-state index in [1.165, 1.54) is 11.2 Å². The number of esters is 1. The van der Waals surface area contributed by atoms with Gasteiger partial charge in [-0.15, -0.1) is 0 Å². The number of hydrogen-bond donors (Lipinski definition) is 1. The number of phenols is 1. The molecule has 160 valence electrons. The van der Waals surface area contributed by atoms with Gasteiger partial charge in [0, 0.05) is 31.0 Å². The highest BCUT2D eigenvalue weighted by molar-refractivity contribution is 7.89. The monoisotopic (exact) mass is 431 g/mol. The number of ether oxygens (including phenoxy) is 2. The molecule has 2 aromatic rings. The number of aryl methyl sites for hydroxylation is 1. The minimum Gasteiger partial charge on any atom is -0.508 e. The number of carbonyl (C=O) groups is 1. The summed E-state index contributed by atoms with van der Waals surface area (Å²) in [5.41, 5.74) is 1.31. The summed E-state index contributed by atoms with van der Waals surface area (Å²) in [6.45, 7) is 3.96. The van der Waals surface area contributed by atoms with E-state index in [9.17, 15) is 18.3 Å². The van der Waals surface area contributed by atoms with Gasteiger partial charge in [0.25, 0.3) is 0 Å². The average molecular weight is 432 g/mol. The molecule has 7 nitrogen and oxygen atoms in total. The smallest absolute Gasteiger partial charge is 0.302 e. The largest absolute Gasteiger partial charge is 0.508 e. The van der Waals surface area contributed by atoms with Crippen molar-refractivity contribution in [2.24, 2.45) is 0 Å². The number of rotatable bonds is 4. The predicted molar refractivity (Wildman–Crippen MR) is 110 cm³/mol. The average Bonchev–Trinajstić information content (AvgIpc) is 2.99. The van der Waals surface area contributed by atoms with Gasteiger partial charge < -0.3 is 14.6 Å². The molecule has 8 heteroatoms. The van der Waals surface area contributed by atoms with Crippen molar-refractivity contribution in [3.63, 3.8) is 0 Å². The Kier molecular flexibility index (Phi) is 5.23. The zero-order valence-corrected chi connectivity index (χ0v) is 17.8. The summed E-state index contributed by atoms with van der Waals surface area (Å²) in [4.78, 5) is 11.6. The summed E-state index contributed by atoms with van der Waals surface area (Å²) in [7, 11) is -3.60. The number of aromatic hydroxyl groups is 1. The van der Waals surface area contributed by atoms with Gasteiger partial charge >= 0.3 is 5.97 Å². The van der Waals surface area contributed by atoms with E-state index >= 15 is 0 Å². The van der Waals surface area contributed by atoms with Gasteiger partial charge in [-0.05, 0) is 50.1 Å². The maximum absolute atomic E-state index is 13.1. The highest BCUT2D eigenvalue weighted by atomic mass is 32.2. The van der Waals surface area contributed by atoms with E-state index in [-0.39, 0.29) is 17.3 Å². The minimum absolute atomic E-state index is 0.0789. The lowest BCUT2D eigenvalue weighted by Crippen LogP contribution is -2.51. The molecule has 1 N–H and O–H groups in total. The minimum atomic E-state index is -3.60. The van der Waals surface area contributed by atoms with E-state index in [2.05, 4.69) is 0 Å². The molecule has 0 amide bonds. The van der Waals surface area contributed by atoms with E-state index in [4.69, 9.17) is 9.47 Å². The molecule has 0 saturated carbocycles. The summed E-state index contributed by atoms with van der Waals surface area (Å²) in [5, 5.41) is 10.0. The van der Waals surface area contributed by atoms with Crippen molar-refractivity contribution in [2.75, 3.05) is 19.7 Å². The number of piperidine rings is 1. The molecule has 0 aromatic heterocycles. The van der Waals surface area contributed by atoms with Crippen LogP contribution in [0.25, 0.3) is 0 Å². The highest BCUT2D eigenvalue weighted by Gasteiger charge is 2.52. The number of carbonyl (C=O) groups excluding carboxylic acids is 1. The highest BCUT2D eigenvalue weighted by Crippen LogP contribution is 2.50. The van der Waals surface area contributed by atoms with Crippen LogP contribution >= 0.6 is 0 Å². The molecule has 30 heavy (non-hydrogen) atoms. The second kappa shape index (κ2) is 7.59. The Labute approximate surface area is 176 Å². The topological polar surface area (TPSA) is 93.1 Å². The van der Waals surface area contributed by atoms with Crippen molar-refractivity contribution in [3.05, 3.63) is 53.6 Å². The second-order valence-electron chi connectivity index (χ2n) is 7.96. The molecule has 1 saturated heterocycles. The Morgan fingerprint density at radius 3 is 2.50 bits per heavy atom. The first-order valence-electron chi connectivity index (χ1n) is 9.93. The Morgan fingerprint density at radius 2 is 1.87 bits per heavy atom. The van der Waals surface area contributed by atoms with Crippen LogP contribution in [-0.4, -0.2) is 49.6 Å². The van der Waals surface area contributed by atoms with Gasteiger partial charge in [0.1, 0.15) is 24.2 Å². The first kappa shape index (κ1) is 20.7. The van der Waals surface area contributed by atoms with Gasteiger partial charge in [-0.2, -0.15) is 4.31 Å². The standard InChI is InChI=1S/C22H25NO6S/c1-15-3-6-18(7-4-15)30(26,27)23-11-9-22(10-12-23)19-13-17(25)5-8-20(19)29-21(22)14-28-16(2)24/h3-8,13,21,25H,9-12,14H2,1-2H3. The number of sulfonamides is 1. The van der Waals surface area contributed by atoms with Crippen LogP contribution in [0.2, 0.25) is 0 Å². The molecule has 0 bridgehead atoms. The van der Waals surface area contributed by atoms with Crippen molar-refractivity contribution in [3.8, 4) is 11.5 Å². The third-order valence-corrected chi connectivity index (χ3v) is 8.01. The molecular weight excluding hydrogens is 406 g/mol. The fourth-order valence-corrected chi connectivity index (χ4v) is 5.85. The Balaban J connectivity index is 1.61. The molecule has 1 spiro atoms. The van der Waals surface area contributed by atoms with Crippen LogP contribution in [0.15, 0.2) is 47.4 Å². The summed E-state index contributed by atoms with van der Waals surface area (Å²) in [6.07, 6.45) is 0.573. The fourth-order valence-electron chi connectivity index (χ4n) is 4.41. The summed E-state index contributed by atoms with van der Waals surface area (Å²) in [6, 6.07) is 11.8. The molecule has 4 rings (SSSR count). The van der Waals surface area contributed by atoms with Crippen molar-refractivity contribution < 1.29 is 27.8 Å². The first-order chi connectivity index (χ1) is 14.2. The molecule has 0 radical (unpaired) electrons. The van der Waals surface area contributed by atoms with Crippen LogP contribution < -0.4 is 4.74 Å². The lowest BCUT2D eigenvalue weighted by molar-refractivity contribution is -0.144. The molecule has 1 atom stereocenters. The lowest BCUT2D eigenvalue weighted by Gasteiger charge is -2.41. The zero-order valence-electron chi connectivity index (χ0n) is 17.0. The lowest BCUT2D eigenvalue weighted by atomic mass is 9.70. The van der Waals surface area contributed by atoms with E-state index in [1.54, 1.807) is 42.5 Å². The maximum atomic E-state index is 13.1. The molecule has 0 aliphatic carbocycles. The third kappa shape index (κ3) is 3.54. The van der Waals surface area contributed by atoms with Crippen LogP contribution in [0.1, 0.15) is 30.9 Å². The number of hydrogen-bond acceptors (Lipinski definition) is 6. The fraction of sp³-hybridized carbons (Fsp3) is 0.409. The molecule has 2 aromatic carbocycles. The SMILES string of the molecule is CC(=O)OCC1Oc2ccc(O)cc2C12CCN(S(=O)(=O)c1ccc(C)cc1)CC2. The zero-order chi connectivity index (χ0) is 21.5. The quantitative estimate of drug-likeness (QED) is 0.749. The number of fused-ring (bicyclic) bond motifs is 2. The van der Waals surface area contributed by atoms with Crippen LogP contribution in [0.4, 0.5) is 0 Å². The van der Waals surface area contributed by atoms with Gasteiger partial charge in [-0.25, -0.2) is 8.42 Å². The summed E-state index contributed by atoms with van der Waals surface area (Å²) in [5.74, 6) is 0.367. The Hall–Kier alpha value is -2.58. The maximum Gasteiger partial charge on any atom is 0.302 e. The van der Waals surface area contributed by atoms with Crippen molar-refractivity contribution >= 4 is 16.0 Å². The van der Waals surface area contributed by atoms with Crippen LogP contribution in [0.5, 0.6) is 11.5 Å². The molecule has 2 heterocycles. The summed E-state index contributed by atoms with van der Waals surface area (Å²) < 4.78 is 39.0. The second-order valence-corrected chi connectivity index (χ2v) is 9.90. The molecule has 1 unspecified atom stereocenters. The van der Waals surface area contributed by atoms with Gasteiger partial charge in [-0.3, -0.25) is 4.79 Å². The van der Waals surface area contributed by atoms with E-state index < -0.39 is 27.5 Å². The van der Waals surface area contributed by atoms with Crippen molar-refractivity contribution in [1.29, 1.82) is 0 Å². The third-order valence-electron chi connectivity index (χ3n) is 6.10. The van der Waals surface area contributed by atoms with Crippen LogP contribution in [-0.2, 0) is 25.0 Å². The van der Waals surface area contributed by atoms with Gasteiger partial charge in [0.2, 0.25) is 10.0 Å². The number of nitrogens with zero attached hydrogens (tertiary/aromatic N) is 1. The van der Waals surface area contributed by atoms with Crippen molar-refractivity contribution in [1.82, 2.24) is 4.31 Å². The van der Waals surface area contributed by atoms with Gasteiger partial charge in [-0.1, -0.05) is 17.7 Å². The van der Waals surface area contributed by atoms with Crippen LogP contribution in [0.3, 0.4) is 0 Å². The van der Waals surface area contributed by atoms with Crippen LogP contribution in [0, 0.1) is 6.92 Å². The van der Waals surface area contributed by atoms with E-state index in [0.29, 0.717) is 31.7 Å².